The van der Waals surface area contributed by atoms with Gasteiger partial charge in [-0.15, -0.1) is 0 Å². The number of carbonyl (C=O) groups excluding carboxylic acids is 1. The van der Waals surface area contributed by atoms with Crippen molar-refractivity contribution >= 4 is 5.91 Å². The van der Waals surface area contributed by atoms with Gasteiger partial charge in [0, 0.05) is 18.2 Å². The lowest BCUT2D eigenvalue weighted by Crippen LogP contribution is -2.39. The third-order valence-electron chi connectivity index (χ3n) is 3.93. The number of carbonyl (C=O) groups is 1. The van der Waals surface area contributed by atoms with Crippen LogP contribution in [0.5, 0.6) is 11.5 Å². The molecule has 0 aromatic heterocycles. The summed E-state index contributed by atoms with van der Waals surface area (Å²) in [6.07, 6.45) is 3.07. The average Bonchev–Trinajstić information content (AvgIpc) is 2.54. The smallest absolute Gasteiger partial charge is 0.254 e. The number of nitrogens with zero attached hydrogens (tertiary/aromatic N) is 1. The summed E-state index contributed by atoms with van der Waals surface area (Å²) in [5, 5.41) is 0. The van der Waals surface area contributed by atoms with Crippen molar-refractivity contribution in [2.24, 2.45) is 0 Å². The lowest BCUT2D eigenvalue weighted by Gasteiger charge is -2.29. The molecule has 0 aliphatic carbocycles. The Morgan fingerprint density at radius 3 is 2.62 bits per heavy atom. The molecule has 0 unspecified atom stereocenters. The van der Waals surface area contributed by atoms with Crippen LogP contribution in [0.2, 0.25) is 0 Å². The third-order valence-corrected chi connectivity index (χ3v) is 3.93. The van der Waals surface area contributed by atoms with Gasteiger partial charge in [-0.1, -0.05) is 20.3 Å². The molecule has 0 saturated heterocycles. The minimum absolute atomic E-state index is 0.0785. The Morgan fingerprint density at radius 2 is 1.95 bits per heavy atom. The van der Waals surface area contributed by atoms with Crippen LogP contribution in [-0.4, -0.2) is 36.6 Å². The van der Waals surface area contributed by atoms with E-state index >= 15 is 0 Å². The second kappa shape index (κ2) is 7.34. The summed E-state index contributed by atoms with van der Waals surface area (Å²) in [4.78, 5) is 14.7. The van der Waals surface area contributed by atoms with Crippen molar-refractivity contribution in [1.82, 2.24) is 4.90 Å². The van der Waals surface area contributed by atoms with Gasteiger partial charge >= 0.3 is 0 Å². The summed E-state index contributed by atoms with van der Waals surface area (Å²) in [6.45, 7) is 8.26. The largest absolute Gasteiger partial charge is 0.486 e. The van der Waals surface area contributed by atoms with Crippen molar-refractivity contribution in [3.63, 3.8) is 0 Å². The van der Waals surface area contributed by atoms with E-state index in [1.165, 1.54) is 0 Å². The number of hydrogen-bond donors (Lipinski definition) is 0. The van der Waals surface area contributed by atoms with E-state index in [0.29, 0.717) is 24.5 Å². The maximum Gasteiger partial charge on any atom is 0.254 e. The molecule has 0 N–H and O–H groups in total. The molecule has 21 heavy (non-hydrogen) atoms. The number of ether oxygens (including phenoxy) is 2. The number of benzene rings is 1. The molecule has 1 aliphatic rings. The van der Waals surface area contributed by atoms with Gasteiger partial charge in [0.15, 0.2) is 11.5 Å². The van der Waals surface area contributed by atoms with Crippen molar-refractivity contribution in [1.29, 1.82) is 0 Å². The summed E-state index contributed by atoms with van der Waals surface area (Å²) in [5.41, 5.74) is 0.677. The summed E-state index contributed by atoms with van der Waals surface area (Å²) in [6, 6.07) is 5.71. The molecule has 1 heterocycles. The Bertz CT molecular complexity index is 487. The molecule has 0 bridgehead atoms. The molecule has 0 spiro atoms. The minimum atomic E-state index is 0.0785. The van der Waals surface area contributed by atoms with E-state index in [2.05, 4.69) is 20.8 Å². The first kappa shape index (κ1) is 15.7. The molecular weight excluding hydrogens is 266 g/mol. The predicted octanol–water partition coefficient (Wildman–Crippen LogP) is 3.50. The maximum absolute atomic E-state index is 12.8. The second-order valence-electron chi connectivity index (χ2n) is 5.47. The molecule has 116 valence electrons. The third kappa shape index (κ3) is 3.69. The summed E-state index contributed by atoms with van der Waals surface area (Å²) >= 11 is 0. The summed E-state index contributed by atoms with van der Waals surface area (Å²) in [5.74, 6) is 1.47. The topological polar surface area (TPSA) is 38.8 Å². The molecule has 1 amide bonds. The van der Waals surface area contributed by atoms with Crippen molar-refractivity contribution in [2.45, 2.75) is 46.1 Å². The number of hydrogen-bond acceptors (Lipinski definition) is 3. The predicted molar refractivity (Wildman–Crippen MR) is 83.1 cm³/mol. The quantitative estimate of drug-likeness (QED) is 0.805. The monoisotopic (exact) mass is 291 g/mol. The van der Waals surface area contributed by atoms with Crippen molar-refractivity contribution in [3.8, 4) is 11.5 Å². The fourth-order valence-electron chi connectivity index (χ4n) is 2.41. The highest BCUT2D eigenvalue weighted by molar-refractivity contribution is 5.95. The number of amides is 1. The van der Waals surface area contributed by atoms with E-state index in [-0.39, 0.29) is 11.9 Å². The van der Waals surface area contributed by atoms with Gasteiger partial charge < -0.3 is 14.4 Å². The Hall–Kier alpha value is -1.71. The lowest BCUT2D eigenvalue weighted by atomic mass is 10.1. The van der Waals surface area contributed by atoms with Gasteiger partial charge in [-0.05, 0) is 38.0 Å². The highest BCUT2D eigenvalue weighted by Gasteiger charge is 2.22. The van der Waals surface area contributed by atoms with Crippen LogP contribution in [0, 0.1) is 0 Å². The Balaban J connectivity index is 2.19. The molecule has 1 atom stereocenters. The van der Waals surface area contributed by atoms with Crippen LogP contribution in [0.25, 0.3) is 0 Å². The van der Waals surface area contributed by atoms with Gasteiger partial charge in [0.05, 0.1) is 0 Å². The zero-order valence-corrected chi connectivity index (χ0v) is 13.2. The molecule has 1 aromatic rings. The summed E-state index contributed by atoms with van der Waals surface area (Å²) in [7, 11) is 0. The molecule has 4 nitrogen and oxygen atoms in total. The zero-order valence-electron chi connectivity index (χ0n) is 13.2. The van der Waals surface area contributed by atoms with Gasteiger partial charge in [-0.2, -0.15) is 0 Å². The van der Waals surface area contributed by atoms with E-state index in [4.69, 9.17) is 9.47 Å². The Labute approximate surface area is 127 Å². The Kier molecular flexibility index (Phi) is 5.48. The van der Waals surface area contributed by atoms with E-state index in [1.807, 2.05) is 17.0 Å². The average molecular weight is 291 g/mol. The number of fused-ring (bicyclic) bond motifs is 1. The van der Waals surface area contributed by atoms with Gasteiger partial charge in [0.1, 0.15) is 13.2 Å². The SMILES string of the molecule is CCCCN(C(=O)c1ccc2c(c1)OCCO2)[C@H](C)CC. The standard InChI is InChI=1S/C17H25NO3/c1-4-6-9-18(13(3)5-2)17(19)14-7-8-15-16(12-14)21-11-10-20-15/h7-8,12-13H,4-6,9-11H2,1-3H3/t13-/m1/s1. The van der Waals surface area contributed by atoms with Crippen molar-refractivity contribution in [2.75, 3.05) is 19.8 Å². The molecule has 0 radical (unpaired) electrons. The van der Waals surface area contributed by atoms with Crippen LogP contribution in [0.1, 0.15) is 50.4 Å². The van der Waals surface area contributed by atoms with Crippen LogP contribution in [0.15, 0.2) is 18.2 Å². The van der Waals surface area contributed by atoms with E-state index in [0.717, 1.165) is 31.6 Å². The van der Waals surface area contributed by atoms with Gasteiger partial charge in [-0.25, -0.2) is 0 Å². The van der Waals surface area contributed by atoms with Gasteiger partial charge in [0.2, 0.25) is 0 Å². The molecular formula is C17H25NO3. The first-order chi connectivity index (χ1) is 10.2. The van der Waals surface area contributed by atoms with Crippen LogP contribution in [-0.2, 0) is 0 Å². The maximum atomic E-state index is 12.8. The fraction of sp³-hybridized carbons (Fsp3) is 0.588. The van der Waals surface area contributed by atoms with E-state index in [1.54, 1.807) is 6.07 Å². The van der Waals surface area contributed by atoms with E-state index in [9.17, 15) is 4.79 Å². The molecule has 4 heteroatoms. The van der Waals surface area contributed by atoms with Crippen LogP contribution < -0.4 is 9.47 Å². The molecule has 1 aromatic carbocycles. The van der Waals surface area contributed by atoms with Crippen LogP contribution in [0.4, 0.5) is 0 Å². The zero-order chi connectivity index (χ0) is 15.2. The molecule has 0 saturated carbocycles. The normalized spacial score (nSPS) is 14.6. The van der Waals surface area contributed by atoms with Gasteiger partial charge in [-0.3, -0.25) is 4.79 Å². The van der Waals surface area contributed by atoms with Crippen molar-refractivity contribution in [3.05, 3.63) is 23.8 Å². The number of unbranched alkanes of at least 4 members (excludes halogenated alkanes) is 1. The Morgan fingerprint density at radius 1 is 1.24 bits per heavy atom. The fourth-order valence-corrected chi connectivity index (χ4v) is 2.41. The minimum Gasteiger partial charge on any atom is -0.486 e. The molecule has 2 rings (SSSR count). The number of rotatable bonds is 6. The second-order valence-corrected chi connectivity index (χ2v) is 5.47. The highest BCUT2D eigenvalue weighted by Crippen LogP contribution is 2.31. The first-order valence-corrected chi connectivity index (χ1v) is 7.88. The summed E-state index contributed by atoms with van der Waals surface area (Å²) < 4.78 is 11.1. The molecule has 0 fully saturated rings. The van der Waals surface area contributed by atoms with Crippen LogP contribution >= 0.6 is 0 Å². The van der Waals surface area contributed by atoms with Gasteiger partial charge in [0.25, 0.3) is 5.91 Å². The first-order valence-electron chi connectivity index (χ1n) is 7.88. The van der Waals surface area contributed by atoms with Crippen LogP contribution in [0.3, 0.4) is 0 Å². The van der Waals surface area contributed by atoms with Crippen molar-refractivity contribution < 1.29 is 14.3 Å². The van der Waals surface area contributed by atoms with E-state index < -0.39 is 0 Å². The molecule has 1 aliphatic heterocycles. The lowest BCUT2D eigenvalue weighted by molar-refractivity contribution is 0.0684. The highest BCUT2D eigenvalue weighted by atomic mass is 16.6.